The van der Waals surface area contributed by atoms with E-state index in [1.54, 1.807) is 0 Å². The molecule has 1 fully saturated rings. The second kappa shape index (κ2) is 11.2. The van der Waals surface area contributed by atoms with Gasteiger partial charge in [-0.1, -0.05) is 43.0 Å². The summed E-state index contributed by atoms with van der Waals surface area (Å²) in [5.74, 6) is -0.871. The number of carbonyl (C=O) groups excluding carboxylic acids is 2. The van der Waals surface area contributed by atoms with Crippen molar-refractivity contribution in [3.8, 4) is 11.5 Å². The fourth-order valence-electron chi connectivity index (χ4n) is 4.91. The van der Waals surface area contributed by atoms with Crippen molar-refractivity contribution >= 4 is 11.9 Å². The second-order valence-electron chi connectivity index (χ2n) is 8.87. The van der Waals surface area contributed by atoms with Gasteiger partial charge in [0, 0.05) is 18.2 Å². The Hall–Kier alpha value is -3.09. The lowest BCUT2D eigenvalue weighted by molar-refractivity contribution is -0.148. The average molecular weight is 455 g/mol. The Bertz CT molecular complexity index is 985. The van der Waals surface area contributed by atoms with Gasteiger partial charge in [0.15, 0.2) is 17.2 Å². The highest BCUT2D eigenvalue weighted by atomic mass is 16.5. The fraction of sp³-hybridized carbons (Fsp3) is 0.500. The number of amides is 1. The molecule has 3 rings (SSSR count). The molecule has 1 heterocycles. The number of aryl methyl sites for hydroxylation is 2. The van der Waals surface area contributed by atoms with Crippen LogP contribution in [0.1, 0.15) is 72.1 Å². The predicted molar refractivity (Wildman–Crippen MR) is 126 cm³/mol. The summed E-state index contributed by atoms with van der Waals surface area (Å²) in [7, 11) is 1.38. The molecule has 1 saturated carbocycles. The number of aromatic hydroxyl groups is 1. The van der Waals surface area contributed by atoms with E-state index in [-0.39, 0.29) is 35.8 Å². The molecule has 7 heteroatoms. The molecule has 2 atom stereocenters. The first-order chi connectivity index (χ1) is 15.8. The normalized spacial score (nSPS) is 16.0. The highest BCUT2D eigenvalue weighted by Crippen LogP contribution is 2.40. The monoisotopic (exact) mass is 454 g/mol. The minimum Gasteiger partial charge on any atom is -0.503 e. The van der Waals surface area contributed by atoms with Gasteiger partial charge in [-0.05, 0) is 50.7 Å². The molecule has 33 heavy (non-hydrogen) atoms. The first-order valence-electron chi connectivity index (χ1n) is 11.6. The lowest BCUT2D eigenvalue weighted by atomic mass is 9.73. The van der Waals surface area contributed by atoms with E-state index in [4.69, 9.17) is 9.47 Å². The molecule has 0 bridgehead atoms. The van der Waals surface area contributed by atoms with Gasteiger partial charge >= 0.3 is 5.97 Å². The Balaban J connectivity index is 1.68. The second-order valence-corrected chi connectivity index (χ2v) is 8.87. The van der Waals surface area contributed by atoms with Crippen molar-refractivity contribution in [2.24, 2.45) is 5.92 Å². The van der Waals surface area contributed by atoms with Gasteiger partial charge in [0.05, 0.1) is 7.11 Å². The van der Waals surface area contributed by atoms with Crippen LogP contribution in [0.5, 0.6) is 11.5 Å². The number of nitrogens with one attached hydrogen (secondary N) is 1. The lowest BCUT2D eigenvalue weighted by Gasteiger charge is -2.35. The van der Waals surface area contributed by atoms with Gasteiger partial charge in [0.2, 0.25) is 0 Å². The Morgan fingerprint density at radius 1 is 1.18 bits per heavy atom. The van der Waals surface area contributed by atoms with Crippen molar-refractivity contribution < 1.29 is 24.2 Å². The number of methoxy groups -OCH3 is 1. The van der Waals surface area contributed by atoms with Crippen LogP contribution < -0.4 is 10.1 Å². The number of pyridine rings is 1. The van der Waals surface area contributed by atoms with Gasteiger partial charge in [-0.2, -0.15) is 0 Å². The van der Waals surface area contributed by atoms with Gasteiger partial charge in [-0.15, -0.1) is 0 Å². The van der Waals surface area contributed by atoms with Crippen molar-refractivity contribution in [2.45, 2.75) is 64.9 Å². The maximum Gasteiger partial charge on any atom is 0.325 e. The summed E-state index contributed by atoms with van der Waals surface area (Å²) in [6, 6.07) is 7.89. The predicted octanol–water partition coefficient (Wildman–Crippen LogP) is 4.44. The van der Waals surface area contributed by atoms with Crippen molar-refractivity contribution in [3.63, 3.8) is 0 Å². The van der Waals surface area contributed by atoms with Crippen LogP contribution >= 0.6 is 0 Å². The first kappa shape index (κ1) is 24.6. The number of hydrogen-bond donors (Lipinski definition) is 2. The Kier molecular flexibility index (Phi) is 8.31. The van der Waals surface area contributed by atoms with E-state index in [0.29, 0.717) is 5.92 Å². The molecule has 0 aliphatic heterocycles. The molecule has 1 aromatic carbocycles. The zero-order valence-electron chi connectivity index (χ0n) is 19.9. The van der Waals surface area contributed by atoms with Gasteiger partial charge in [0.1, 0.15) is 12.6 Å². The van der Waals surface area contributed by atoms with Crippen LogP contribution in [0.15, 0.2) is 30.5 Å². The van der Waals surface area contributed by atoms with Crippen molar-refractivity contribution in [1.82, 2.24) is 10.3 Å². The number of rotatable bonds is 8. The van der Waals surface area contributed by atoms with Crippen LogP contribution in [-0.2, 0) is 9.53 Å². The standard InChI is InChI=1S/C26H34N2O5/c1-16-10-11-20(17(2)14-16)23(19-8-6-5-7-9-19)18(3)33-22(29)15-28-26(31)24-25(30)21(32-4)12-13-27-24/h10-14,18-19,23,30H,5-9,15H2,1-4H3,(H,28,31). The summed E-state index contributed by atoms with van der Waals surface area (Å²) in [6.07, 6.45) is 6.91. The van der Waals surface area contributed by atoms with E-state index in [2.05, 4.69) is 42.3 Å². The van der Waals surface area contributed by atoms with Crippen molar-refractivity contribution in [3.05, 3.63) is 52.8 Å². The maximum atomic E-state index is 12.6. The zero-order chi connectivity index (χ0) is 24.0. The molecule has 1 aliphatic rings. The van der Waals surface area contributed by atoms with E-state index in [9.17, 15) is 14.7 Å². The third-order valence-corrected chi connectivity index (χ3v) is 6.48. The molecule has 1 aromatic heterocycles. The van der Waals surface area contributed by atoms with Crippen LogP contribution in [0.4, 0.5) is 0 Å². The van der Waals surface area contributed by atoms with Crippen LogP contribution in [0.25, 0.3) is 0 Å². The summed E-state index contributed by atoms with van der Waals surface area (Å²) in [5, 5.41) is 12.6. The minimum atomic E-state index is -0.672. The molecular weight excluding hydrogens is 420 g/mol. The van der Waals surface area contributed by atoms with E-state index < -0.39 is 11.9 Å². The Labute approximate surface area is 195 Å². The molecule has 1 aliphatic carbocycles. The smallest absolute Gasteiger partial charge is 0.325 e. The summed E-state index contributed by atoms with van der Waals surface area (Å²) >= 11 is 0. The Morgan fingerprint density at radius 3 is 2.58 bits per heavy atom. The number of ether oxygens (including phenoxy) is 2. The quantitative estimate of drug-likeness (QED) is 0.573. The van der Waals surface area contributed by atoms with Crippen LogP contribution in [0, 0.1) is 19.8 Å². The number of esters is 1. The molecule has 0 radical (unpaired) electrons. The SMILES string of the molecule is COc1ccnc(C(=O)NCC(=O)OC(C)C(c2ccc(C)cc2C)C2CCCCC2)c1O. The van der Waals surface area contributed by atoms with Gasteiger partial charge < -0.3 is 19.9 Å². The number of nitrogens with zero attached hydrogens (tertiary/aromatic N) is 1. The fourth-order valence-corrected chi connectivity index (χ4v) is 4.91. The highest BCUT2D eigenvalue weighted by molar-refractivity contribution is 5.97. The van der Waals surface area contributed by atoms with E-state index in [0.717, 1.165) is 12.8 Å². The van der Waals surface area contributed by atoms with E-state index in [1.165, 1.54) is 55.3 Å². The first-order valence-corrected chi connectivity index (χ1v) is 11.6. The summed E-state index contributed by atoms with van der Waals surface area (Å²) in [6.45, 7) is 5.81. The molecule has 0 spiro atoms. The van der Waals surface area contributed by atoms with E-state index in [1.807, 2.05) is 6.92 Å². The highest BCUT2D eigenvalue weighted by Gasteiger charge is 2.33. The lowest BCUT2D eigenvalue weighted by Crippen LogP contribution is -2.35. The molecule has 7 nitrogen and oxygen atoms in total. The minimum absolute atomic E-state index is 0.106. The third-order valence-electron chi connectivity index (χ3n) is 6.48. The number of carbonyl (C=O) groups is 2. The van der Waals surface area contributed by atoms with Crippen LogP contribution in [-0.4, -0.2) is 41.7 Å². The average Bonchev–Trinajstić information content (AvgIpc) is 2.80. The topological polar surface area (TPSA) is 97.8 Å². The van der Waals surface area contributed by atoms with Crippen LogP contribution in [0.2, 0.25) is 0 Å². The van der Waals surface area contributed by atoms with Crippen molar-refractivity contribution in [2.75, 3.05) is 13.7 Å². The maximum absolute atomic E-state index is 12.6. The number of aromatic nitrogens is 1. The zero-order valence-corrected chi connectivity index (χ0v) is 19.9. The molecular formula is C26H34N2O5. The van der Waals surface area contributed by atoms with Crippen LogP contribution in [0.3, 0.4) is 0 Å². The van der Waals surface area contributed by atoms with E-state index >= 15 is 0 Å². The summed E-state index contributed by atoms with van der Waals surface area (Å²) < 4.78 is 10.8. The number of hydrogen-bond acceptors (Lipinski definition) is 6. The summed E-state index contributed by atoms with van der Waals surface area (Å²) in [5.41, 5.74) is 3.44. The summed E-state index contributed by atoms with van der Waals surface area (Å²) in [4.78, 5) is 28.9. The van der Waals surface area contributed by atoms with Crippen molar-refractivity contribution in [1.29, 1.82) is 0 Å². The number of benzene rings is 1. The molecule has 1 amide bonds. The molecule has 178 valence electrons. The van der Waals surface area contributed by atoms with Gasteiger partial charge in [-0.3, -0.25) is 9.59 Å². The van der Waals surface area contributed by atoms with Gasteiger partial charge in [-0.25, -0.2) is 4.98 Å². The molecule has 0 saturated heterocycles. The molecule has 2 N–H and O–H groups in total. The van der Waals surface area contributed by atoms with Gasteiger partial charge in [0.25, 0.3) is 5.91 Å². The largest absolute Gasteiger partial charge is 0.503 e. The Morgan fingerprint density at radius 2 is 1.91 bits per heavy atom. The molecule has 2 unspecified atom stereocenters. The molecule has 2 aromatic rings. The third kappa shape index (κ3) is 6.03.